The summed E-state index contributed by atoms with van der Waals surface area (Å²) >= 11 is 1.63. The number of unbranched alkanes of at least 4 members (excludes halogenated alkanes) is 1. The number of para-hydroxylation sites is 1. The van der Waals surface area contributed by atoms with E-state index >= 15 is 0 Å². The Labute approximate surface area is 172 Å². The van der Waals surface area contributed by atoms with Gasteiger partial charge in [0.1, 0.15) is 11.9 Å². The van der Waals surface area contributed by atoms with E-state index in [1.807, 2.05) is 18.5 Å². The number of hydrogen-bond donors (Lipinski definition) is 1. The van der Waals surface area contributed by atoms with Crippen molar-refractivity contribution in [2.45, 2.75) is 58.6 Å². The van der Waals surface area contributed by atoms with Crippen molar-refractivity contribution in [3.63, 3.8) is 0 Å². The molecule has 0 aliphatic carbocycles. The first kappa shape index (κ1) is 20.8. The summed E-state index contributed by atoms with van der Waals surface area (Å²) in [6.45, 7) is 7.50. The van der Waals surface area contributed by atoms with Gasteiger partial charge in [-0.3, -0.25) is 9.69 Å². The number of aromatic nitrogens is 1. The van der Waals surface area contributed by atoms with Crippen molar-refractivity contribution < 1.29 is 9.53 Å². The lowest BCUT2D eigenvalue weighted by Crippen LogP contribution is -2.38. The van der Waals surface area contributed by atoms with E-state index in [0.717, 1.165) is 43.9 Å². The fourth-order valence-electron chi connectivity index (χ4n) is 3.55. The monoisotopic (exact) mass is 401 g/mol. The molecule has 28 heavy (non-hydrogen) atoms. The van der Waals surface area contributed by atoms with E-state index in [1.54, 1.807) is 11.3 Å². The molecule has 0 spiro atoms. The second-order valence-corrected chi connectivity index (χ2v) is 8.38. The first-order chi connectivity index (χ1) is 13.7. The lowest BCUT2D eigenvalue weighted by molar-refractivity contribution is -0.121. The molecule has 1 aromatic carbocycles. The highest BCUT2D eigenvalue weighted by molar-refractivity contribution is 7.09. The van der Waals surface area contributed by atoms with Crippen LogP contribution in [0.5, 0.6) is 5.75 Å². The van der Waals surface area contributed by atoms with Crippen molar-refractivity contribution >= 4 is 17.2 Å². The molecule has 1 aliphatic heterocycles. The fourth-order valence-corrected chi connectivity index (χ4v) is 4.33. The normalized spacial score (nSPS) is 16.9. The first-order valence-corrected chi connectivity index (χ1v) is 11.2. The Morgan fingerprint density at radius 2 is 2.25 bits per heavy atom. The molecule has 1 atom stereocenters. The number of thiazole rings is 1. The standard InChI is InChI=1S/C22H31N3O2S/c1-3-4-8-19-15-25(14-18-7-5-6-9-20(18)27-19)13-12-23-22(26)11-10-21-17(2)24-16-28-21/h5-7,9,16,19H,3-4,8,10-15H2,1-2H3,(H,23,26). The zero-order chi connectivity index (χ0) is 19.8. The van der Waals surface area contributed by atoms with Gasteiger partial charge in [0.25, 0.3) is 0 Å². The number of nitrogens with zero attached hydrogens (tertiary/aromatic N) is 2. The number of carbonyl (C=O) groups excluding carboxylic acids is 1. The SMILES string of the molecule is CCCCC1CN(CCNC(=O)CCc2scnc2C)Cc2ccccc2O1. The maximum atomic E-state index is 12.2. The van der Waals surface area contributed by atoms with Crippen LogP contribution >= 0.6 is 11.3 Å². The Bertz CT molecular complexity index is 762. The number of benzene rings is 1. The summed E-state index contributed by atoms with van der Waals surface area (Å²) in [7, 11) is 0. The quantitative estimate of drug-likeness (QED) is 0.691. The lowest BCUT2D eigenvalue weighted by Gasteiger charge is -2.24. The Morgan fingerprint density at radius 3 is 3.04 bits per heavy atom. The second-order valence-electron chi connectivity index (χ2n) is 7.44. The number of aryl methyl sites for hydroxylation is 2. The molecule has 1 N–H and O–H groups in total. The first-order valence-electron chi connectivity index (χ1n) is 10.3. The minimum Gasteiger partial charge on any atom is -0.489 e. The van der Waals surface area contributed by atoms with Gasteiger partial charge in [0, 0.05) is 43.0 Å². The molecule has 3 rings (SSSR count). The minimum atomic E-state index is 0.113. The van der Waals surface area contributed by atoms with Crippen molar-refractivity contribution in [3.05, 3.63) is 45.9 Å². The molecule has 0 radical (unpaired) electrons. The number of hydrogen-bond acceptors (Lipinski definition) is 5. The number of nitrogens with one attached hydrogen (secondary N) is 1. The number of ether oxygens (including phenoxy) is 1. The Kier molecular flexibility index (Phi) is 7.86. The van der Waals surface area contributed by atoms with Gasteiger partial charge in [-0.05, 0) is 32.3 Å². The van der Waals surface area contributed by atoms with E-state index in [-0.39, 0.29) is 12.0 Å². The predicted octanol–water partition coefficient (Wildman–Crippen LogP) is 3.95. The third-order valence-corrected chi connectivity index (χ3v) is 6.17. The van der Waals surface area contributed by atoms with Crippen LogP contribution in [0.2, 0.25) is 0 Å². The van der Waals surface area contributed by atoms with Crippen LogP contribution in [-0.2, 0) is 17.8 Å². The molecule has 1 aliphatic rings. The molecular formula is C22H31N3O2S. The molecule has 0 saturated heterocycles. The van der Waals surface area contributed by atoms with Crippen LogP contribution in [-0.4, -0.2) is 41.5 Å². The van der Waals surface area contributed by atoms with Crippen LogP contribution in [0, 0.1) is 6.92 Å². The summed E-state index contributed by atoms with van der Waals surface area (Å²) in [4.78, 5) is 20.0. The van der Waals surface area contributed by atoms with Crippen LogP contribution in [0.25, 0.3) is 0 Å². The average molecular weight is 402 g/mol. The lowest BCUT2D eigenvalue weighted by atomic mass is 10.1. The van der Waals surface area contributed by atoms with Crippen LogP contribution < -0.4 is 10.1 Å². The zero-order valence-electron chi connectivity index (χ0n) is 16.9. The van der Waals surface area contributed by atoms with Gasteiger partial charge in [-0.25, -0.2) is 4.98 Å². The largest absolute Gasteiger partial charge is 0.489 e. The molecule has 1 aromatic heterocycles. The maximum Gasteiger partial charge on any atom is 0.220 e. The Balaban J connectivity index is 1.48. The third-order valence-electron chi connectivity index (χ3n) is 5.18. The summed E-state index contributed by atoms with van der Waals surface area (Å²) < 4.78 is 6.27. The van der Waals surface area contributed by atoms with Crippen molar-refractivity contribution in [2.75, 3.05) is 19.6 Å². The Morgan fingerprint density at radius 1 is 1.39 bits per heavy atom. The fraction of sp³-hybridized carbons (Fsp3) is 0.545. The van der Waals surface area contributed by atoms with E-state index in [9.17, 15) is 4.79 Å². The molecule has 0 saturated carbocycles. The van der Waals surface area contributed by atoms with E-state index in [2.05, 4.69) is 40.3 Å². The summed E-state index contributed by atoms with van der Waals surface area (Å²) in [6.07, 6.45) is 4.93. The van der Waals surface area contributed by atoms with Crippen molar-refractivity contribution in [1.82, 2.24) is 15.2 Å². The third kappa shape index (κ3) is 6.04. The van der Waals surface area contributed by atoms with Gasteiger partial charge in [-0.1, -0.05) is 31.5 Å². The van der Waals surface area contributed by atoms with Crippen molar-refractivity contribution in [1.29, 1.82) is 0 Å². The molecule has 2 aromatic rings. The number of fused-ring (bicyclic) bond motifs is 1. The number of rotatable bonds is 9. The minimum absolute atomic E-state index is 0.113. The van der Waals surface area contributed by atoms with Crippen LogP contribution in [0.4, 0.5) is 0 Å². The molecule has 6 heteroatoms. The summed E-state index contributed by atoms with van der Waals surface area (Å²) in [5, 5.41) is 3.08. The van der Waals surface area contributed by atoms with Gasteiger partial charge in [-0.2, -0.15) is 0 Å². The molecule has 0 fully saturated rings. The number of amides is 1. The van der Waals surface area contributed by atoms with Crippen molar-refractivity contribution in [2.24, 2.45) is 0 Å². The molecule has 1 amide bonds. The van der Waals surface area contributed by atoms with Crippen LogP contribution in [0.3, 0.4) is 0 Å². The average Bonchev–Trinajstić information content (AvgIpc) is 3.01. The molecule has 1 unspecified atom stereocenters. The maximum absolute atomic E-state index is 12.2. The second kappa shape index (κ2) is 10.6. The van der Waals surface area contributed by atoms with Gasteiger partial charge in [0.2, 0.25) is 5.91 Å². The molecule has 152 valence electrons. The molecule has 0 bridgehead atoms. The number of carbonyl (C=O) groups is 1. The van der Waals surface area contributed by atoms with E-state index in [0.29, 0.717) is 13.0 Å². The van der Waals surface area contributed by atoms with Crippen molar-refractivity contribution in [3.8, 4) is 5.75 Å². The highest BCUT2D eigenvalue weighted by atomic mass is 32.1. The van der Waals surface area contributed by atoms with Gasteiger partial charge < -0.3 is 10.1 Å². The zero-order valence-corrected chi connectivity index (χ0v) is 17.8. The van der Waals surface area contributed by atoms with E-state index in [1.165, 1.54) is 23.3 Å². The van der Waals surface area contributed by atoms with Gasteiger partial charge in [0.05, 0.1) is 11.2 Å². The summed E-state index contributed by atoms with van der Waals surface area (Å²) in [6, 6.07) is 8.31. The van der Waals surface area contributed by atoms with E-state index in [4.69, 9.17) is 4.74 Å². The molecular weight excluding hydrogens is 370 g/mol. The van der Waals surface area contributed by atoms with Gasteiger partial charge in [-0.15, -0.1) is 11.3 Å². The van der Waals surface area contributed by atoms with Crippen LogP contribution in [0.1, 0.15) is 48.7 Å². The highest BCUT2D eigenvalue weighted by Gasteiger charge is 2.22. The van der Waals surface area contributed by atoms with Gasteiger partial charge in [0.15, 0.2) is 0 Å². The Hall–Kier alpha value is -1.92. The van der Waals surface area contributed by atoms with E-state index < -0.39 is 0 Å². The topological polar surface area (TPSA) is 54.5 Å². The smallest absolute Gasteiger partial charge is 0.220 e. The summed E-state index contributed by atoms with van der Waals surface area (Å²) in [5.41, 5.74) is 4.11. The molecule has 5 nitrogen and oxygen atoms in total. The summed E-state index contributed by atoms with van der Waals surface area (Å²) in [5.74, 6) is 1.12. The van der Waals surface area contributed by atoms with Gasteiger partial charge >= 0.3 is 0 Å². The predicted molar refractivity (Wildman–Crippen MR) is 114 cm³/mol. The molecule has 2 heterocycles. The highest BCUT2D eigenvalue weighted by Crippen LogP contribution is 2.26. The van der Waals surface area contributed by atoms with Crippen LogP contribution in [0.15, 0.2) is 29.8 Å².